The largest absolute Gasteiger partial charge is 0.480 e. The Hall–Kier alpha value is -0.260. The molecule has 2 saturated heterocycles. The molecule has 16 heavy (non-hydrogen) atoms. The Bertz CT molecular complexity index is 245. The third kappa shape index (κ3) is 3.12. The fraction of sp³-hybridized carbons (Fsp3) is 0.909. The van der Waals surface area contributed by atoms with E-state index in [0.29, 0.717) is 6.61 Å². The first-order valence-electron chi connectivity index (χ1n) is 5.75. The van der Waals surface area contributed by atoms with Gasteiger partial charge in [0.2, 0.25) is 0 Å². The minimum absolute atomic E-state index is 0.0212. The van der Waals surface area contributed by atoms with Crippen LogP contribution in [-0.2, 0) is 14.3 Å². The van der Waals surface area contributed by atoms with Crippen LogP contribution in [0.3, 0.4) is 0 Å². The van der Waals surface area contributed by atoms with Crippen molar-refractivity contribution in [2.45, 2.75) is 37.4 Å². The quantitative estimate of drug-likeness (QED) is 0.818. The Morgan fingerprint density at radius 3 is 2.94 bits per heavy atom. The molecule has 0 bridgehead atoms. The zero-order valence-corrected chi connectivity index (χ0v) is 10.1. The van der Waals surface area contributed by atoms with Gasteiger partial charge >= 0.3 is 5.97 Å². The van der Waals surface area contributed by atoms with Gasteiger partial charge in [-0.2, -0.15) is 11.8 Å². The van der Waals surface area contributed by atoms with Crippen molar-refractivity contribution in [2.24, 2.45) is 0 Å². The maximum atomic E-state index is 10.5. The van der Waals surface area contributed by atoms with Crippen LogP contribution in [0, 0.1) is 0 Å². The molecule has 2 fully saturated rings. The van der Waals surface area contributed by atoms with Gasteiger partial charge in [0, 0.05) is 13.0 Å². The Morgan fingerprint density at radius 2 is 2.25 bits per heavy atom. The molecular weight excluding hydrogens is 228 g/mol. The minimum Gasteiger partial charge on any atom is -0.480 e. The van der Waals surface area contributed by atoms with Crippen LogP contribution < -0.4 is 0 Å². The van der Waals surface area contributed by atoms with Crippen molar-refractivity contribution in [1.82, 2.24) is 0 Å². The van der Waals surface area contributed by atoms with Gasteiger partial charge in [0.1, 0.15) is 6.61 Å². The summed E-state index contributed by atoms with van der Waals surface area (Å²) in [4.78, 5) is 10.5. The van der Waals surface area contributed by atoms with Gasteiger partial charge in [0.25, 0.3) is 0 Å². The van der Waals surface area contributed by atoms with Crippen LogP contribution in [0.15, 0.2) is 0 Å². The van der Waals surface area contributed by atoms with Crippen LogP contribution in [0.5, 0.6) is 0 Å². The summed E-state index contributed by atoms with van der Waals surface area (Å²) in [6, 6.07) is 0. The van der Waals surface area contributed by atoms with Crippen molar-refractivity contribution < 1.29 is 19.4 Å². The van der Waals surface area contributed by atoms with Crippen LogP contribution >= 0.6 is 11.8 Å². The van der Waals surface area contributed by atoms with Crippen LogP contribution in [0.25, 0.3) is 0 Å². The lowest BCUT2D eigenvalue weighted by molar-refractivity contribution is -0.158. The monoisotopic (exact) mass is 246 g/mol. The zero-order valence-electron chi connectivity index (χ0n) is 9.31. The van der Waals surface area contributed by atoms with E-state index in [1.807, 2.05) is 11.8 Å². The topological polar surface area (TPSA) is 55.8 Å². The highest BCUT2D eigenvalue weighted by molar-refractivity contribution is 7.99. The van der Waals surface area contributed by atoms with Crippen LogP contribution in [0.2, 0.25) is 0 Å². The summed E-state index contributed by atoms with van der Waals surface area (Å²) in [6.45, 7) is 0.518. The molecule has 0 amide bonds. The van der Waals surface area contributed by atoms with Crippen molar-refractivity contribution in [3.8, 4) is 0 Å². The van der Waals surface area contributed by atoms with Gasteiger partial charge in [0.05, 0.1) is 11.7 Å². The van der Waals surface area contributed by atoms with E-state index in [1.54, 1.807) is 0 Å². The number of aliphatic carboxylic acids is 1. The molecule has 2 rings (SSSR count). The summed E-state index contributed by atoms with van der Waals surface area (Å²) in [6.07, 6.45) is 3.89. The summed E-state index contributed by atoms with van der Waals surface area (Å²) < 4.78 is 11.3. The normalized spacial score (nSPS) is 29.1. The molecule has 0 saturated carbocycles. The second kappa shape index (κ2) is 5.38. The van der Waals surface area contributed by atoms with Gasteiger partial charge in [0.15, 0.2) is 0 Å². The second-order valence-corrected chi connectivity index (χ2v) is 5.69. The molecular formula is C11H18O4S. The first-order chi connectivity index (χ1) is 7.70. The third-order valence-corrected chi connectivity index (χ3v) is 4.28. The number of hydrogen-bond acceptors (Lipinski definition) is 4. The van der Waals surface area contributed by atoms with E-state index in [4.69, 9.17) is 14.6 Å². The van der Waals surface area contributed by atoms with Crippen molar-refractivity contribution >= 4 is 17.7 Å². The lowest BCUT2D eigenvalue weighted by atomic mass is 9.86. The Balaban J connectivity index is 1.85. The average Bonchev–Trinajstić information content (AvgIpc) is 2.28. The molecule has 5 heteroatoms. The van der Waals surface area contributed by atoms with E-state index in [9.17, 15) is 4.79 Å². The number of thioether (sulfide) groups is 1. The first kappa shape index (κ1) is 12.2. The van der Waals surface area contributed by atoms with Gasteiger partial charge in [-0.1, -0.05) is 0 Å². The minimum atomic E-state index is -0.889. The summed E-state index contributed by atoms with van der Waals surface area (Å²) >= 11 is 1.97. The molecule has 1 unspecified atom stereocenters. The van der Waals surface area contributed by atoms with Crippen molar-refractivity contribution in [3.63, 3.8) is 0 Å². The molecule has 1 N–H and O–H groups in total. The van der Waals surface area contributed by atoms with E-state index >= 15 is 0 Å². The predicted molar refractivity (Wildman–Crippen MR) is 61.9 cm³/mol. The molecule has 1 atom stereocenters. The van der Waals surface area contributed by atoms with Gasteiger partial charge < -0.3 is 14.6 Å². The number of ether oxygens (including phenoxy) is 2. The molecule has 2 aliphatic heterocycles. The van der Waals surface area contributed by atoms with Gasteiger partial charge in [-0.3, -0.25) is 0 Å². The fourth-order valence-corrected chi connectivity index (χ4v) is 3.64. The number of carbonyl (C=O) groups is 1. The SMILES string of the molecule is O=C(O)COC1CCOC2(CCSCC2)C1. The van der Waals surface area contributed by atoms with Gasteiger partial charge in [-0.15, -0.1) is 0 Å². The smallest absolute Gasteiger partial charge is 0.329 e. The summed E-state index contributed by atoms with van der Waals surface area (Å²) in [5.41, 5.74) is -0.0212. The zero-order chi connectivity index (χ0) is 11.4. The van der Waals surface area contributed by atoms with E-state index < -0.39 is 5.97 Å². The molecule has 0 aromatic rings. The van der Waals surface area contributed by atoms with Crippen molar-refractivity contribution in [2.75, 3.05) is 24.7 Å². The van der Waals surface area contributed by atoms with Crippen molar-refractivity contribution in [1.29, 1.82) is 0 Å². The van der Waals surface area contributed by atoms with Crippen molar-refractivity contribution in [3.05, 3.63) is 0 Å². The second-order valence-electron chi connectivity index (χ2n) is 4.46. The third-order valence-electron chi connectivity index (χ3n) is 3.29. The van der Waals surface area contributed by atoms with E-state index in [1.165, 1.54) is 0 Å². The molecule has 0 radical (unpaired) electrons. The molecule has 0 aromatic carbocycles. The maximum absolute atomic E-state index is 10.5. The molecule has 0 aliphatic carbocycles. The Kier molecular flexibility index (Phi) is 4.10. The van der Waals surface area contributed by atoms with E-state index in [-0.39, 0.29) is 18.3 Å². The molecule has 0 aromatic heterocycles. The Morgan fingerprint density at radius 1 is 1.50 bits per heavy atom. The number of carboxylic acid groups (broad SMARTS) is 1. The highest BCUT2D eigenvalue weighted by Gasteiger charge is 2.39. The molecule has 92 valence electrons. The standard InChI is InChI=1S/C11H18O4S/c12-10(13)8-14-9-1-4-15-11(7-9)2-5-16-6-3-11/h9H,1-8H2,(H,12,13). The summed E-state index contributed by atoms with van der Waals surface area (Å²) in [7, 11) is 0. The van der Waals surface area contributed by atoms with Gasteiger partial charge in [-0.05, 0) is 30.8 Å². The molecule has 4 nitrogen and oxygen atoms in total. The maximum Gasteiger partial charge on any atom is 0.329 e. The lowest BCUT2D eigenvalue weighted by Gasteiger charge is -2.43. The highest BCUT2D eigenvalue weighted by atomic mass is 32.2. The van der Waals surface area contributed by atoms with Crippen LogP contribution in [-0.4, -0.2) is 47.5 Å². The van der Waals surface area contributed by atoms with Gasteiger partial charge in [-0.25, -0.2) is 4.79 Å². The van der Waals surface area contributed by atoms with Crippen LogP contribution in [0.1, 0.15) is 25.7 Å². The van der Waals surface area contributed by atoms with E-state index in [0.717, 1.165) is 37.2 Å². The Labute approximate surface area is 99.7 Å². The van der Waals surface area contributed by atoms with Crippen LogP contribution in [0.4, 0.5) is 0 Å². The fourth-order valence-electron chi connectivity index (χ4n) is 2.41. The highest BCUT2D eigenvalue weighted by Crippen LogP contribution is 2.38. The average molecular weight is 246 g/mol. The molecule has 1 spiro atoms. The number of hydrogen-bond donors (Lipinski definition) is 1. The lowest BCUT2D eigenvalue weighted by Crippen LogP contribution is -2.45. The predicted octanol–water partition coefficient (Wildman–Crippen LogP) is 1.53. The number of rotatable bonds is 3. The first-order valence-corrected chi connectivity index (χ1v) is 6.91. The summed E-state index contributed by atoms with van der Waals surface area (Å²) in [5.74, 6) is 1.40. The molecule has 2 heterocycles. The van der Waals surface area contributed by atoms with E-state index in [2.05, 4.69) is 0 Å². The number of carboxylic acids is 1. The molecule has 2 aliphatic rings. The summed E-state index contributed by atoms with van der Waals surface area (Å²) in [5, 5.41) is 8.59.